The van der Waals surface area contributed by atoms with Crippen molar-refractivity contribution >= 4 is 22.3 Å². The van der Waals surface area contributed by atoms with Crippen molar-refractivity contribution in [3.05, 3.63) is 60.3 Å². The summed E-state index contributed by atoms with van der Waals surface area (Å²) in [5.41, 5.74) is 9.69. The van der Waals surface area contributed by atoms with E-state index in [2.05, 4.69) is 28.2 Å². The first-order valence-corrected chi connectivity index (χ1v) is 6.50. The number of hydrogen-bond acceptors (Lipinski definition) is 4. The van der Waals surface area contributed by atoms with Crippen LogP contribution in [0.2, 0.25) is 0 Å². The quantitative estimate of drug-likeness (QED) is 0.739. The minimum absolute atomic E-state index is 0.785. The smallest absolute Gasteiger partial charge is 0.0950 e. The number of fused-ring (bicyclic) bond motifs is 1. The normalized spacial score (nSPS) is 10.7. The maximum Gasteiger partial charge on any atom is 0.0950 e. The zero-order valence-electron chi connectivity index (χ0n) is 11.3. The molecule has 0 radical (unpaired) electrons. The van der Waals surface area contributed by atoms with Crippen LogP contribution in [0.3, 0.4) is 0 Å². The first-order chi connectivity index (χ1) is 9.74. The number of anilines is 2. The van der Waals surface area contributed by atoms with E-state index in [0.29, 0.717) is 0 Å². The van der Waals surface area contributed by atoms with Gasteiger partial charge < -0.3 is 10.6 Å². The summed E-state index contributed by atoms with van der Waals surface area (Å²) in [6.07, 6.45) is 1.81. The summed E-state index contributed by atoms with van der Waals surface area (Å²) in [4.78, 5) is 2.17. The number of rotatable bonds is 3. The Morgan fingerprint density at radius 1 is 1.05 bits per heavy atom. The van der Waals surface area contributed by atoms with Gasteiger partial charge in [-0.3, -0.25) is 0 Å². The van der Waals surface area contributed by atoms with E-state index in [-0.39, 0.29) is 0 Å². The van der Waals surface area contributed by atoms with Gasteiger partial charge in [-0.15, -0.1) is 0 Å². The van der Waals surface area contributed by atoms with Crippen LogP contribution < -0.4 is 10.6 Å². The molecule has 0 spiro atoms. The molecule has 2 aromatic carbocycles. The third kappa shape index (κ3) is 2.40. The molecule has 2 N–H and O–H groups in total. The highest BCUT2D eigenvalue weighted by molar-refractivity contribution is 5.90. The fourth-order valence-electron chi connectivity index (χ4n) is 2.28. The largest absolute Gasteiger partial charge is 0.399 e. The van der Waals surface area contributed by atoms with Gasteiger partial charge >= 0.3 is 0 Å². The van der Waals surface area contributed by atoms with Gasteiger partial charge in [0.2, 0.25) is 0 Å². The van der Waals surface area contributed by atoms with Crippen molar-refractivity contribution in [1.82, 2.24) is 10.2 Å². The van der Waals surface area contributed by atoms with Crippen LogP contribution in [0.4, 0.5) is 11.4 Å². The summed E-state index contributed by atoms with van der Waals surface area (Å²) in [7, 11) is 2.06. The van der Waals surface area contributed by atoms with Crippen molar-refractivity contribution in [3.8, 4) is 0 Å². The average molecular weight is 264 g/mol. The van der Waals surface area contributed by atoms with Gasteiger partial charge in [0.25, 0.3) is 0 Å². The van der Waals surface area contributed by atoms with Crippen molar-refractivity contribution < 1.29 is 0 Å². The van der Waals surface area contributed by atoms with E-state index in [0.717, 1.165) is 28.8 Å². The molecule has 0 saturated carbocycles. The lowest BCUT2D eigenvalue weighted by molar-refractivity contribution is 0.915. The summed E-state index contributed by atoms with van der Waals surface area (Å²) in [6.45, 7) is 0.802. The van der Waals surface area contributed by atoms with Crippen molar-refractivity contribution in [1.29, 1.82) is 0 Å². The molecule has 0 bridgehead atoms. The van der Waals surface area contributed by atoms with Gasteiger partial charge in [-0.2, -0.15) is 10.2 Å². The van der Waals surface area contributed by atoms with Crippen LogP contribution >= 0.6 is 0 Å². The lowest BCUT2D eigenvalue weighted by Crippen LogP contribution is -2.17. The van der Waals surface area contributed by atoms with E-state index in [1.54, 1.807) is 6.20 Å². The fraction of sp³-hybridized carbons (Fsp3) is 0.125. The van der Waals surface area contributed by atoms with Crippen molar-refractivity contribution in [2.24, 2.45) is 0 Å². The second-order valence-corrected chi connectivity index (χ2v) is 4.84. The van der Waals surface area contributed by atoms with Crippen molar-refractivity contribution in [2.75, 3.05) is 17.7 Å². The van der Waals surface area contributed by atoms with E-state index in [1.807, 2.05) is 42.5 Å². The molecular formula is C16H16N4. The Balaban J connectivity index is 1.92. The van der Waals surface area contributed by atoms with Crippen LogP contribution in [0.5, 0.6) is 0 Å². The van der Waals surface area contributed by atoms with Crippen LogP contribution in [0, 0.1) is 0 Å². The molecule has 0 fully saturated rings. The summed E-state index contributed by atoms with van der Waals surface area (Å²) in [5, 5.41) is 9.34. The van der Waals surface area contributed by atoms with Crippen LogP contribution in [0.25, 0.3) is 10.9 Å². The van der Waals surface area contributed by atoms with Gasteiger partial charge in [0.15, 0.2) is 0 Å². The molecule has 0 atom stereocenters. The summed E-state index contributed by atoms with van der Waals surface area (Å²) < 4.78 is 0. The number of nitrogen functional groups attached to an aromatic ring is 1. The monoisotopic (exact) mass is 264 g/mol. The average Bonchev–Trinajstić information content (AvgIpc) is 2.49. The SMILES string of the molecule is CN(Cc1ccc(N)cc1)c1cnnc2ccccc12. The molecule has 20 heavy (non-hydrogen) atoms. The maximum absolute atomic E-state index is 5.71. The summed E-state index contributed by atoms with van der Waals surface area (Å²) in [5.74, 6) is 0. The molecule has 0 amide bonds. The van der Waals surface area contributed by atoms with E-state index in [1.165, 1.54) is 5.56 Å². The highest BCUT2D eigenvalue weighted by Crippen LogP contribution is 2.24. The molecule has 0 aliphatic carbocycles. The Kier molecular flexibility index (Phi) is 3.21. The summed E-state index contributed by atoms with van der Waals surface area (Å²) >= 11 is 0. The van der Waals surface area contributed by atoms with E-state index < -0.39 is 0 Å². The lowest BCUT2D eigenvalue weighted by atomic mass is 10.1. The Hall–Kier alpha value is -2.62. The first kappa shape index (κ1) is 12.4. The molecule has 0 unspecified atom stereocenters. The lowest BCUT2D eigenvalue weighted by Gasteiger charge is -2.20. The van der Waals surface area contributed by atoms with Crippen LogP contribution in [0.1, 0.15) is 5.56 Å². The molecule has 1 aromatic heterocycles. The fourth-order valence-corrected chi connectivity index (χ4v) is 2.28. The Bertz CT molecular complexity index is 717. The topological polar surface area (TPSA) is 55.0 Å². The van der Waals surface area contributed by atoms with Crippen LogP contribution in [-0.4, -0.2) is 17.2 Å². The number of hydrogen-bond donors (Lipinski definition) is 1. The van der Waals surface area contributed by atoms with Gasteiger partial charge in [-0.05, 0) is 23.8 Å². The molecular weight excluding hydrogens is 248 g/mol. The Labute approximate surface area is 117 Å². The third-order valence-electron chi connectivity index (χ3n) is 3.34. The molecule has 100 valence electrons. The van der Waals surface area contributed by atoms with Gasteiger partial charge in [0.05, 0.1) is 17.4 Å². The molecule has 4 heteroatoms. The zero-order valence-corrected chi connectivity index (χ0v) is 11.3. The molecule has 1 heterocycles. The number of nitrogens with zero attached hydrogens (tertiary/aromatic N) is 3. The Morgan fingerprint density at radius 2 is 1.80 bits per heavy atom. The highest BCUT2D eigenvalue weighted by Gasteiger charge is 2.07. The second-order valence-electron chi connectivity index (χ2n) is 4.84. The first-order valence-electron chi connectivity index (χ1n) is 6.50. The molecule has 0 aliphatic heterocycles. The number of aromatic nitrogens is 2. The molecule has 4 nitrogen and oxygen atoms in total. The molecule has 3 aromatic rings. The van der Waals surface area contributed by atoms with Crippen LogP contribution in [0.15, 0.2) is 54.7 Å². The predicted octanol–water partition coefficient (Wildman–Crippen LogP) is 2.85. The maximum atomic E-state index is 5.71. The highest BCUT2D eigenvalue weighted by atomic mass is 15.1. The Morgan fingerprint density at radius 3 is 2.60 bits per heavy atom. The number of benzene rings is 2. The van der Waals surface area contributed by atoms with E-state index in [4.69, 9.17) is 5.73 Å². The molecule has 0 aliphatic rings. The van der Waals surface area contributed by atoms with Gasteiger partial charge in [-0.1, -0.05) is 30.3 Å². The van der Waals surface area contributed by atoms with Gasteiger partial charge in [0, 0.05) is 24.7 Å². The molecule has 3 rings (SSSR count). The van der Waals surface area contributed by atoms with Gasteiger partial charge in [-0.25, -0.2) is 0 Å². The van der Waals surface area contributed by atoms with E-state index in [9.17, 15) is 0 Å². The van der Waals surface area contributed by atoms with Crippen LogP contribution in [-0.2, 0) is 6.54 Å². The van der Waals surface area contributed by atoms with Crippen molar-refractivity contribution in [2.45, 2.75) is 6.54 Å². The third-order valence-corrected chi connectivity index (χ3v) is 3.34. The minimum atomic E-state index is 0.785. The van der Waals surface area contributed by atoms with E-state index >= 15 is 0 Å². The second kappa shape index (κ2) is 5.17. The number of nitrogens with two attached hydrogens (primary N) is 1. The van der Waals surface area contributed by atoms with Gasteiger partial charge in [0.1, 0.15) is 0 Å². The minimum Gasteiger partial charge on any atom is -0.399 e. The molecule has 0 saturated heterocycles. The zero-order chi connectivity index (χ0) is 13.9. The predicted molar refractivity (Wildman–Crippen MR) is 82.5 cm³/mol. The summed E-state index contributed by atoms with van der Waals surface area (Å²) in [6, 6.07) is 16.0. The standard InChI is InChI=1S/C16H16N4/c1-20(11-12-6-8-13(17)9-7-12)16-10-18-19-15-5-3-2-4-14(15)16/h2-10H,11,17H2,1H3. The van der Waals surface area contributed by atoms with Crippen molar-refractivity contribution in [3.63, 3.8) is 0 Å².